The van der Waals surface area contributed by atoms with Gasteiger partial charge in [-0.2, -0.15) is 0 Å². The van der Waals surface area contributed by atoms with Crippen molar-refractivity contribution in [2.24, 2.45) is 0 Å². The molecular weight excluding hydrogens is 365 g/mol. The lowest BCUT2D eigenvalue weighted by Crippen LogP contribution is -2.36. The molecule has 0 bridgehead atoms. The van der Waals surface area contributed by atoms with Crippen LogP contribution in [0.4, 0.5) is 10.5 Å². The van der Waals surface area contributed by atoms with E-state index in [0.29, 0.717) is 45.4 Å². The van der Waals surface area contributed by atoms with Crippen molar-refractivity contribution >= 4 is 51.8 Å². The summed E-state index contributed by atoms with van der Waals surface area (Å²) < 4.78 is 7.13. The molecule has 3 rings (SSSR count). The maximum atomic E-state index is 12.4. The van der Waals surface area contributed by atoms with Gasteiger partial charge in [0.25, 0.3) is 5.91 Å². The summed E-state index contributed by atoms with van der Waals surface area (Å²) in [7, 11) is 1.75. The van der Waals surface area contributed by atoms with E-state index in [1.807, 2.05) is 4.57 Å². The zero-order valence-corrected chi connectivity index (χ0v) is 16.0. The molecule has 0 spiro atoms. The van der Waals surface area contributed by atoms with Gasteiger partial charge in [-0.15, -0.1) is 0 Å². The van der Waals surface area contributed by atoms with Crippen LogP contribution in [-0.4, -0.2) is 40.7 Å². The second-order valence-electron chi connectivity index (χ2n) is 7.02. The maximum absolute atomic E-state index is 12.4. The fraction of sp³-hybridized carbons (Fsp3) is 0.412. The van der Waals surface area contributed by atoms with Crippen LogP contribution in [0.3, 0.4) is 0 Å². The van der Waals surface area contributed by atoms with Gasteiger partial charge in [0.15, 0.2) is 0 Å². The Hall–Kier alpha value is -1.92. The SMILES string of the molecule is CN1CCn2c(cc3c(NC(=O)OC(C)(C)C)cc(Cl)c(Cl)c32)C1=O. The van der Waals surface area contributed by atoms with E-state index in [1.54, 1.807) is 44.9 Å². The molecule has 2 heterocycles. The van der Waals surface area contributed by atoms with E-state index in [9.17, 15) is 9.59 Å². The van der Waals surface area contributed by atoms with Crippen molar-refractivity contribution in [3.8, 4) is 0 Å². The maximum Gasteiger partial charge on any atom is 0.412 e. The fourth-order valence-corrected chi connectivity index (χ4v) is 3.30. The highest BCUT2D eigenvalue weighted by atomic mass is 35.5. The van der Waals surface area contributed by atoms with Crippen LogP contribution in [0.5, 0.6) is 0 Å². The number of ether oxygens (including phenoxy) is 1. The summed E-state index contributed by atoms with van der Waals surface area (Å²) in [6.45, 7) is 6.52. The Bertz CT molecular complexity index is 884. The van der Waals surface area contributed by atoms with Gasteiger partial charge in [-0.25, -0.2) is 4.79 Å². The molecular formula is C17H19Cl2N3O3. The van der Waals surface area contributed by atoms with Crippen LogP contribution >= 0.6 is 23.2 Å². The predicted octanol–water partition coefficient (Wildman–Crippen LogP) is 4.38. The average Bonchev–Trinajstić information content (AvgIpc) is 2.87. The number of rotatable bonds is 1. The third kappa shape index (κ3) is 3.28. The molecule has 0 saturated carbocycles. The number of amides is 2. The Morgan fingerprint density at radius 2 is 1.92 bits per heavy atom. The minimum absolute atomic E-state index is 0.0992. The van der Waals surface area contributed by atoms with E-state index in [4.69, 9.17) is 27.9 Å². The zero-order valence-electron chi connectivity index (χ0n) is 14.4. The van der Waals surface area contributed by atoms with Crippen LogP contribution in [0, 0.1) is 0 Å². The number of aromatic nitrogens is 1. The summed E-state index contributed by atoms with van der Waals surface area (Å²) in [4.78, 5) is 26.2. The summed E-state index contributed by atoms with van der Waals surface area (Å²) in [6.07, 6.45) is -0.597. The first kappa shape index (κ1) is 17.9. The van der Waals surface area contributed by atoms with Crippen LogP contribution < -0.4 is 5.32 Å². The third-order valence-electron chi connectivity index (χ3n) is 3.94. The molecule has 0 unspecified atom stereocenters. The summed E-state index contributed by atoms with van der Waals surface area (Å²) in [5, 5.41) is 4.01. The largest absolute Gasteiger partial charge is 0.444 e. The first-order valence-corrected chi connectivity index (χ1v) is 8.61. The number of benzene rings is 1. The number of anilines is 1. The van der Waals surface area contributed by atoms with E-state index >= 15 is 0 Å². The molecule has 134 valence electrons. The van der Waals surface area contributed by atoms with Gasteiger partial charge in [0.05, 0.1) is 21.2 Å². The van der Waals surface area contributed by atoms with Gasteiger partial charge in [0.2, 0.25) is 0 Å². The second-order valence-corrected chi connectivity index (χ2v) is 7.80. The van der Waals surface area contributed by atoms with Gasteiger partial charge in [-0.1, -0.05) is 23.2 Å². The van der Waals surface area contributed by atoms with Crippen LogP contribution in [-0.2, 0) is 11.3 Å². The number of likely N-dealkylation sites (N-methyl/N-ethyl adjacent to an activating group) is 1. The van der Waals surface area contributed by atoms with Gasteiger partial charge in [-0.3, -0.25) is 10.1 Å². The second kappa shape index (κ2) is 6.11. The number of hydrogen-bond donors (Lipinski definition) is 1. The Kier molecular flexibility index (Phi) is 4.37. The Morgan fingerprint density at radius 3 is 2.56 bits per heavy atom. The normalized spacial score (nSPS) is 14.6. The summed E-state index contributed by atoms with van der Waals surface area (Å²) >= 11 is 12.6. The molecule has 0 radical (unpaired) electrons. The molecule has 8 heteroatoms. The van der Waals surface area contributed by atoms with Crippen molar-refractivity contribution in [3.05, 3.63) is 27.9 Å². The highest BCUT2D eigenvalue weighted by Gasteiger charge is 2.27. The highest BCUT2D eigenvalue weighted by Crippen LogP contribution is 2.39. The molecule has 0 fully saturated rings. The Morgan fingerprint density at radius 1 is 1.24 bits per heavy atom. The summed E-state index contributed by atoms with van der Waals surface area (Å²) in [5.41, 5.74) is 0.978. The minimum atomic E-state index is -0.627. The van der Waals surface area contributed by atoms with Crippen molar-refractivity contribution < 1.29 is 14.3 Å². The Labute approximate surface area is 155 Å². The number of carbonyl (C=O) groups excluding carboxylic acids is 2. The van der Waals surface area contributed by atoms with Crippen molar-refractivity contribution in [2.75, 3.05) is 18.9 Å². The van der Waals surface area contributed by atoms with Gasteiger partial charge >= 0.3 is 6.09 Å². The molecule has 1 aromatic carbocycles. The molecule has 25 heavy (non-hydrogen) atoms. The van der Waals surface area contributed by atoms with Gasteiger partial charge < -0.3 is 14.2 Å². The first-order valence-electron chi connectivity index (χ1n) is 7.85. The fourth-order valence-electron chi connectivity index (χ4n) is 2.85. The van der Waals surface area contributed by atoms with Gasteiger partial charge in [-0.05, 0) is 32.9 Å². The number of carbonyl (C=O) groups is 2. The van der Waals surface area contributed by atoms with Crippen molar-refractivity contribution in [3.63, 3.8) is 0 Å². The lowest BCUT2D eigenvalue weighted by atomic mass is 10.2. The van der Waals surface area contributed by atoms with Crippen LogP contribution in [0.25, 0.3) is 10.9 Å². The predicted molar refractivity (Wildman–Crippen MR) is 98.8 cm³/mol. The monoisotopic (exact) mass is 383 g/mol. The molecule has 1 aliphatic heterocycles. The third-order valence-corrected chi connectivity index (χ3v) is 4.71. The van der Waals surface area contributed by atoms with E-state index in [0.717, 1.165) is 0 Å². The lowest BCUT2D eigenvalue weighted by Gasteiger charge is -2.25. The number of nitrogens with zero attached hydrogens (tertiary/aromatic N) is 2. The number of fused-ring (bicyclic) bond motifs is 3. The molecule has 0 saturated heterocycles. The summed E-state index contributed by atoms with van der Waals surface area (Å²) in [5.74, 6) is -0.0992. The standard InChI is InChI=1S/C17H19Cl2N3O3/c1-17(2,3)25-16(24)20-11-8-10(18)13(19)14-9(11)7-12-15(23)21(4)5-6-22(12)14/h7-8H,5-6H2,1-4H3,(H,20,24). The van der Waals surface area contributed by atoms with E-state index < -0.39 is 11.7 Å². The van der Waals surface area contributed by atoms with E-state index in [-0.39, 0.29) is 5.91 Å². The molecule has 1 aromatic heterocycles. The molecule has 0 atom stereocenters. The van der Waals surface area contributed by atoms with Gasteiger partial charge in [0.1, 0.15) is 11.3 Å². The van der Waals surface area contributed by atoms with Crippen molar-refractivity contribution in [2.45, 2.75) is 32.9 Å². The van der Waals surface area contributed by atoms with Crippen LogP contribution in [0.2, 0.25) is 10.0 Å². The van der Waals surface area contributed by atoms with E-state index in [1.165, 1.54) is 0 Å². The first-order chi connectivity index (χ1) is 11.6. The average molecular weight is 384 g/mol. The zero-order chi connectivity index (χ0) is 18.5. The number of nitrogens with one attached hydrogen (secondary N) is 1. The minimum Gasteiger partial charge on any atom is -0.444 e. The quantitative estimate of drug-likeness (QED) is 0.794. The van der Waals surface area contributed by atoms with Crippen molar-refractivity contribution in [1.29, 1.82) is 0 Å². The topological polar surface area (TPSA) is 63.6 Å². The highest BCUT2D eigenvalue weighted by molar-refractivity contribution is 6.45. The summed E-state index contributed by atoms with van der Waals surface area (Å²) in [6, 6.07) is 3.29. The van der Waals surface area contributed by atoms with E-state index in [2.05, 4.69) is 5.32 Å². The smallest absolute Gasteiger partial charge is 0.412 e. The number of halogens is 2. The van der Waals surface area contributed by atoms with Gasteiger partial charge in [0, 0.05) is 25.5 Å². The molecule has 1 N–H and O–H groups in total. The van der Waals surface area contributed by atoms with Crippen LogP contribution in [0.15, 0.2) is 12.1 Å². The molecule has 6 nitrogen and oxygen atoms in total. The molecule has 2 amide bonds. The number of hydrogen-bond acceptors (Lipinski definition) is 3. The van der Waals surface area contributed by atoms with Crippen LogP contribution in [0.1, 0.15) is 31.3 Å². The Balaban J connectivity index is 2.12. The molecule has 0 aliphatic carbocycles. The molecule has 1 aliphatic rings. The lowest BCUT2D eigenvalue weighted by molar-refractivity contribution is 0.0635. The van der Waals surface area contributed by atoms with Crippen molar-refractivity contribution in [1.82, 2.24) is 9.47 Å². The molecule has 2 aromatic rings.